The zero-order valence-electron chi connectivity index (χ0n) is 17.4. The first-order valence-corrected chi connectivity index (χ1v) is 10.2. The Morgan fingerprint density at radius 3 is 2.62 bits per heavy atom. The lowest BCUT2D eigenvalue weighted by molar-refractivity contribution is 0.0948. The Labute approximate surface area is 183 Å². The number of ether oxygens (including phenoxy) is 1. The molecule has 8 nitrogen and oxygen atoms in total. The number of carbonyl (C=O) groups is 1. The Bertz CT molecular complexity index is 1370. The maximum Gasteiger partial charge on any atom is 0.349 e. The molecule has 2 heterocycles. The number of hydrogen-bond donors (Lipinski definition) is 1. The van der Waals surface area contributed by atoms with Gasteiger partial charge in [-0.1, -0.05) is 18.2 Å². The Kier molecular flexibility index (Phi) is 6.12. The summed E-state index contributed by atoms with van der Waals surface area (Å²) in [5.41, 5.74) is 0.769. The number of aromatic nitrogens is 2. The molecule has 162 valence electrons. The zero-order chi connectivity index (χ0) is 22.5. The van der Waals surface area contributed by atoms with Crippen LogP contribution in [0.25, 0.3) is 22.2 Å². The first-order chi connectivity index (χ1) is 15.5. The van der Waals surface area contributed by atoms with Crippen molar-refractivity contribution >= 4 is 16.9 Å². The minimum absolute atomic E-state index is 0.0906. The zero-order valence-corrected chi connectivity index (χ0v) is 17.4. The number of hydrogen-bond acceptors (Lipinski definition) is 6. The molecule has 0 aliphatic heterocycles. The lowest BCUT2D eigenvalue weighted by Gasteiger charge is -2.09. The van der Waals surface area contributed by atoms with Crippen LogP contribution in [0.4, 0.5) is 0 Å². The summed E-state index contributed by atoms with van der Waals surface area (Å²) >= 11 is 0. The van der Waals surface area contributed by atoms with Gasteiger partial charge in [0.05, 0.1) is 18.8 Å². The molecule has 0 saturated carbocycles. The Morgan fingerprint density at radius 2 is 1.84 bits per heavy atom. The van der Waals surface area contributed by atoms with Crippen molar-refractivity contribution in [2.75, 3.05) is 13.2 Å². The van der Waals surface area contributed by atoms with E-state index < -0.39 is 11.5 Å². The molecule has 0 aliphatic rings. The van der Waals surface area contributed by atoms with Crippen LogP contribution in [0.3, 0.4) is 0 Å². The van der Waals surface area contributed by atoms with Crippen molar-refractivity contribution in [3.63, 3.8) is 0 Å². The van der Waals surface area contributed by atoms with Crippen LogP contribution in [-0.4, -0.2) is 28.8 Å². The summed E-state index contributed by atoms with van der Waals surface area (Å²) in [7, 11) is 0. The van der Waals surface area contributed by atoms with E-state index in [0.29, 0.717) is 23.3 Å². The highest BCUT2D eigenvalue weighted by atomic mass is 16.5. The summed E-state index contributed by atoms with van der Waals surface area (Å²) < 4.78 is 11.9. The van der Waals surface area contributed by atoms with Crippen LogP contribution >= 0.6 is 0 Å². The first-order valence-electron chi connectivity index (χ1n) is 10.2. The molecule has 0 bridgehead atoms. The van der Waals surface area contributed by atoms with Crippen molar-refractivity contribution in [1.82, 2.24) is 15.1 Å². The summed E-state index contributed by atoms with van der Waals surface area (Å²) in [6.07, 6.45) is 0. The number of nitrogens with zero attached hydrogens (tertiary/aromatic N) is 2. The molecule has 2 aromatic carbocycles. The van der Waals surface area contributed by atoms with Crippen molar-refractivity contribution in [2.45, 2.75) is 13.5 Å². The van der Waals surface area contributed by atoms with Crippen LogP contribution < -0.4 is 21.2 Å². The Hall–Kier alpha value is -4.20. The standard InChI is InChI=1S/C24H21N3O5/c1-2-31-18-9-7-16(8-10-18)20-11-12-22(28)27(26-20)14-13-25-23(29)19-15-17-5-3-4-6-21(17)32-24(19)30/h3-12,15H,2,13-14H2,1H3,(H,25,29). The molecule has 0 saturated heterocycles. The van der Waals surface area contributed by atoms with Gasteiger partial charge in [-0.15, -0.1) is 0 Å². The number of rotatable bonds is 7. The molecule has 8 heteroatoms. The van der Waals surface area contributed by atoms with Crippen LogP contribution in [0, 0.1) is 0 Å². The van der Waals surface area contributed by atoms with E-state index in [0.717, 1.165) is 11.3 Å². The molecule has 0 fully saturated rings. The van der Waals surface area contributed by atoms with E-state index in [4.69, 9.17) is 9.15 Å². The number of nitrogens with one attached hydrogen (secondary N) is 1. The third-order valence-electron chi connectivity index (χ3n) is 4.82. The molecular weight excluding hydrogens is 410 g/mol. The molecule has 0 unspecified atom stereocenters. The highest BCUT2D eigenvalue weighted by molar-refractivity contribution is 5.96. The second-order valence-corrected chi connectivity index (χ2v) is 6.98. The van der Waals surface area contributed by atoms with Gasteiger partial charge in [0.25, 0.3) is 11.5 Å². The van der Waals surface area contributed by atoms with E-state index in [9.17, 15) is 14.4 Å². The van der Waals surface area contributed by atoms with Crippen molar-refractivity contribution in [3.8, 4) is 17.0 Å². The van der Waals surface area contributed by atoms with Gasteiger partial charge in [0.2, 0.25) is 0 Å². The van der Waals surface area contributed by atoms with Crippen LogP contribution in [0.2, 0.25) is 0 Å². The SMILES string of the molecule is CCOc1ccc(-c2ccc(=O)n(CCNC(=O)c3cc4ccccc4oc3=O)n2)cc1. The minimum Gasteiger partial charge on any atom is -0.494 e. The summed E-state index contributed by atoms with van der Waals surface area (Å²) in [5.74, 6) is 0.186. The molecule has 0 radical (unpaired) electrons. The predicted molar refractivity (Wildman–Crippen MR) is 120 cm³/mol. The average Bonchev–Trinajstić information content (AvgIpc) is 2.80. The Balaban J connectivity index is 1.45. The topological polar surface area (TPSA) is 103 Å². The molecule has 32 heavy (non-hydrogen) atoms. The van der Waals surface area contributed by atoms with Crippen molar-refractivity contribution in [3.05, 3.63) is 93.1 Å². The molecule has 2 aromatic heterocycles. The molecule has 0 spiro atoms. The van der Waals surface area contributed by atoms with Crippen LogP contribution in [0.1, 0.15) is 17.3 Å². The number of amides is 1. The van der Waals surface area contributed by atoms with Gasteiger partial charge in [-0.25, -0.2) is 9.48 Å². The quantitative estimate of drug-likeness (QED) is 0.452. The van der Waals surface area contributed by atoms with Crippen molar-refractivity contribution < 1.29 is 13.9 Å². The summed E-state index contributed by atoms with van der Waals surface area (Å²) in [6.45, 7) is 2.76. The van der Waals surface area contributed by atoms with E-state index in [2.05, 4.69) is 10.4 Å². The average molecular weight is 431 g/mol. The fourth-order valence-corrected chi connectivity index (χ4v) is 3.24. The lowest BCUT2D eigenvalue weighted by atomic mass is 10.1. The maximum atomic E-state index is 12.5. The number of para-hydroxylation sites is 1. The number of benzene rings is 2. The van der Waals surface area contributed by atoms with Crippen LogP contribution in [0.15, 0.2) is 80.7 Å². The maximum absolute atomic E-state index is 12.5. The predicted octanol–water partition coefficient (Wildman–Crippen LogP) is 2.85. The van der Waals surface area contributed by atoms with Gasteiger partial charge in [-0.3, -0.25) is 9.59 Å². The smallest absolute Gasteiger partial charge is 0.349 e. The van der Waals surface area contributed by atoms with Crippen molar-refractivity contribution in [2.24, 2.45) is 0 Å². The van der Waals surface area contributed by atoms with Gasteiger partial charge in [0, 0.05) is 23.6 Å². The van der Waals surface area contributed by atoms with E-state index >= 15 is 0 Å². The monoisotopic (exact) mass is 431 g/mol. The molecule has 4 rings (SSSR count). The molecular formula is C24H21N3O5. The Morgan fingerprint density at radius 1 is 1.06 bits per heavy atom. The van der Waals surface area contributed by atoms with Crippen LogP contribution in [0.5, 0.6) is 5.75 Å². The van der Waals surface area contributed by atoms with Gasteiger partial charge in [0.1, 0.15) is 16.9 Å². The van der Waals surface area contributed by atoms with Gasteiger partial charge in [-0.2, -0.15) is 5.10 Å². The fraction of sp³-hybridized carbons (Fsp3) is 0.167. The fourth-order valence-electron chi connectivity index (χ4n) is 3.24. The molecule has 1 N–H and O–H groups in total. The molecule has 1 amide bonds. The van der Waals surface area contributed by atoms with Gasteiger partial charge in [-0.05, 0) is 49.4 Å². The van der Waals surface area contributed by atoms with Gasteiger partial charge >= 0.3 is 5.63 Å². The summed E-state index contributed by atoms with van der Waals surface area (Å²) in [4.78, 5) is 36.8. The second kappa shape index (κ2) is 9.30. The lowest BCUT2D eigenvalue weighted by Crippen LogP contribution is -2.33. The number of fused-ring (bicyclic) bond motifs is 1. The van der Waals surface area contributed by atoms with Crippen LogP contribution in [-0.2, 0) is 6.54 Å². The van der Waals surface area contributed by atoms with E-state index in [1.54, 1.807) is 30.3 Å². The third kappa shape index (κ3) is 4.59. The van der Waals surface area contributed by atoms with E-state index in [-0.39, 0.29) is 24.2 Å². The summed E-state index contributed by atoms with van der Waals surface area (Å²) in [5, 5.41) is 7.67. The normalized spacial score (nSPS) is 10.8. The summed E-state index contributed by atoms with van der Waals surface area (Å²) in [6, 6.07) is 18.9. The van der Waals surface area contributed by atoms with Gasteiger partial charge < -0.3 is 14.5 Å². The van der Waals surface area contributed by atoms with Gasteiger partial charge in [0.15, 0.2) is 0 Å². The highest BCUT2D eigenvalue weighted by Gasteiger charge is 2.13. The molecule has 0 aliphatic carbocycles. The van der Waals surface area contributed by atoms with E-state index in [1.807, 2.05) is 31.2 Å². The molecule has 0 atom stereocenters. The van der Waals surface area contributed by atoms with E-state index in [1.165, 1.54) is 16.8 Å². The third-order valence-corrected chi connectivity index (χ3v) is 4.82. The minimum atomic E-state index is -0.714. The first kappa shape index (κ1) is 21.0. The highest BCUT2D eigenvalue weighted by Crippen LogP contribution is 2.19. The number of carbonyl (C=O) groups excluding carboxylic acids is 1. The largest absolute Gasteiger partial charge is 0.494 e. The van der Waals surface area contributed by atoms with Crippen molar-refractivity contribution in [1.29, 1.82) is 0 Å². The second-order valence-electron chi connectivity index (χ2n) is 6.98. The molecule has 4 aromatic rings.